The summed E-state index contributed by atoms with van der Waals surface area (Å²) in [7, 11) is 0. The van der Waals surface area contributed by atoms with Gasteiger partial charge in [-0.15, -0.1) is 10.2 Å². The Morgan fingerprint density at radius 1 is 0.966 bits per heavy atom. The lowest BCUT2D eigenvalue weighted by molar-refractivity contribution is 0.0527. The number of esters is 1. The highest BCUT2D eigenvalue weighted by atomic mass is 16.5. The molecular weight excluding hydrogens is 368 g/mol. The molecule has 0 saturated carbocycles. The molecule has 0 aliphatic carbocycles. The van der Waals surface area contributed by atoms with Gasteiger partial charge in [0, 0.05) is 6.04 Å². The molecule has 0 fully saturated rings. The van der Waals surface area contributed by atoms with Crippen LogP contribution in [0.5, 0.6) is 0 Å². The molecule has 29 heavy (non-hydrogen) atoms. The van der Waals surface area contributed by atoms with Crippen molar-refractivity contribution >= 4 is 23.4 Å². The number of amides is 1. The lowest BCUT2D eigenvalue weighted by Gasteiger charge is -2.14. The number of ether oxygens (including phenoxy) is 1. The van der Waals surface area contributed by atoms with E-state index < -0.39 is 11.9 Å². The zero-order valence-corrected chi connectivity index (χ0v) is 16.3. The van der Waals surface area contributed by atoms with E-state index in [9.17, 15) is 9.59 Å². The first kappa shape index (κ1) is 20.0. The summed E-state index contributed by atoms with van der Waals surface area (Å²) in [5.41, 5.74) is 1.90. The van der Waals surface area contributed by atoms with E-state index in [2.05, 4.69) is 20.8 Å². The van der Waals surface area contributed by atoms with Gasteiger partial charge in [-0.05, 0) is 43.7 Å². The fraction of sp³-hybridized carbons (Fsp3) is 0.182. The SMILES string of the molecule is CCOC(=O)c1ccccc1NC(=O)c1ccc(NC(C)c2ccccc2)nn1. The third-order valence-electron chi connectivity index (χ3n) is 4.23. The standard InChI is InChI=1S/C22H22N4O3/c1-3-29-22(28)17-11-7-8-12-18(17)24-21(27)19-13-14-20(26-25-19)23-15(2)16-9-5-4-6-10-16/h4-15H,3H2,1-2H3,(H,23,26)(H,24,27). The van der Waals surface area contributed by atoms with E-state index in [1.807, 2.05) is 37.3 Å². The summed E-state index contributed by atoms with van der Waals surface area (Å²) in [4.78, 5) is 24.6. The molecule has 7 nitrogen and oxygen atoms in total. The molecular formula is C22H22N4O3. The number of nitrogens with one attached hydrogen (secondary N) is 2. The Balaban J connectivity index is 1.68. The number of benzene rings is 2. The van der Waals surface area contributed by atoms with E-state index in [1.54, 1.807) is 43.3 Å². The highest BCUT2D eigenvalue weighted by molar-refractivity contribution is 6.07. The van der Waals surface area contributed by atoms with Gasteiger partial charge in [-0.25, -0.2) is 4.79 Å². The number of anilines is 2. The zero-order valence-electron chi connectivity index (χ0n) is 16.3. The van der Waals surface area contributed by atoms with Crippen LogP contribution in [0.4, 0.5) is 11.5 Å². The summed E-state index contributed by atoms with van der Waals surface area (Å²) in [6, 6.07) is 19.9. The second-order valence-corrected chi connectivity index (χ2v) is 6.30. The molecule has 3 aromatic rings. The predicted molar refractivity (Wildman–Crippen MR) is 111 cm³/mol. The summed E-state index contributed by atoms with van der Waals surface area (Å²) in [5, 5.41) is 14.0. The van der Waals surface area contributed by atoms with Crippen molar-refractivity contribution in [2.45, 2.75) is 19.9 Å². The van der Waals surface area contributed by atoms with Gasteiger partial charge in [-0.2, -0.15) is 0 Å². The van der Waals surface area contributed by atoms with Crippen molar-refractivity contribution in [3.05, 3.63) is 83.6 Å². The van der Waals surface area contributed by atoms with E-state index in [0.717, 1.165) is 5.56 Å². The van der Waals surface area contributed by atoms with Crippen molar-refractivity contribution in [3.63, 3.8) is 0 Å². The number of aromatic nitrogens is 2. The van der Waals surface area contributed by atoms with Crippen LogP contribution in [0.1, 0.15) is 46.3 Å². The monoisotopic (exact) mass is 390 g/mol. The lowest BCUT2D eigenvalue weighted by atomic mass is 10.1. The van der Waals surface area contributed by atoms with Crippen molar-refractivity contribution in [1.82, 2.24) is 10.2 Å². The summed E-state index contributed by atoms with van der Waals surface area (Å²) in [6.45, 7) is 4.00. The van der Waals surface area contributed by atoms with E-state index in [1.165, 1.54) is 0 Å². The van der Waals surface area contributed by atoms with E-state index >= 15 is 0 Å². The summed E-state index contributed by atoms with van der Waals surface area (Å²) < 4.78 is 5.02. The van der Waals surface area contributed by atoms with Gasteiger partial charge in [0.2, 0.25) is 0 Å². The van der Waals surface area contributed by atoms with Crippen LogP contribution in [0.3, 0.4) is 0 Å². The Kier molecular flexibility index (Phi) is 6.52. The van der Waals surface area contributed by atoms with Gasteiger partial charge in [0.15, 0.2) is 5.69 Å². The van der Waals surface area contributed by atoms with Gasteiger partial charge in [-0.1, -0.05) is 42.5 Å². The van der Waals surface area contributed by atoms with Crippen molar-refractivity contribution in [2.24, 2.45) is 0 Å². The Bertz CT molecular complexity index is 975. The van der Waals surface area contributed by atoms with Gasteiger partial charge < -0.3 is 15.4 Å². The van der Waals surface area contributed by atoms with E-state index in [0.29, 0.717) is 11.5 Å². The highest BCUT2D eigenvalue weighted by Gasteiger charge is 2.16. The third-order valence-corrected chi connectivity index (χ3v) is 4.23. The second-order valence-electron chi connectivity index (χ2n) is 6.30. The van der Waals surface area contributed by atoms with Crippen LogP contribution < -0.4 is 10.6 Å². The van der Waals surface area contributed by atoms with Crippen LogP contribution in [-0.4, -0.2) is 28.7 Å². The first-order valence-corrected chi connectivity index (χ1v) is 9.31. The molecule has 1 unspecified atom stereocenters. The minimum atomic E-state index is -0.496. The van der Waals surface area contributed by atoms with Crippen LogP contribution in [0.15, 0.2) is 66.7 Å². The predicted octanol–water partition coefficient (Wildman–Crippen LogP) is 4.08. The molecule has 0 aliphatic heterocycles. The van der Waals surface area contributed by atoms with Gasteiger partial charge in [0.1, 0.15) is 5.82 Å². The number of nitrogens with zero attached hydrogens (tertiary/aromatic N) is 2. The minimum absolute atomic E-state index is 0.0432. The van der Waals surface area contributed by atoms with Gasteiger partial charge in [0.05, 0.1) is 17.9 Å². The summed E-state index contributed by atoms with van der Waals surface area (Å²) in [6.07, 6.45) is 0. The Morgan fingerprint density at radius 3 is 2.38 bits per heavy atom. The van der Waals surface area contributed by atoms with Crippen molar-refractivity contribution in [1.29, 1.82) is 0 Å². The van der Waals surface area contributed by atoms with Gasteiger partial charge in [-0.3, -0.25) is 4.79 Å². The number of hydrogen-bond donors (Lipinski definition) is 2. The van der Waals surface area contributed by atoms with Crippen LogP contribution in [0.2, 0.25) is 0 Å². The molecule has 1 aromatic heterocycles. The molecule has 7 heteroatoms. The number of carbonyl (C=O) groups excluding carboxylic acids is 2. The molecule has 1 amide bonds. The number of para-hydroxylation sites is 1. The quantitative estimate of drug-likeness (QED) is 0.591. The van der Waals surface area contributed by atoms with Gasteiger partial charge in [0.25, 0.3) is 5.91 Å². The average molecular weight is 390 g/mol. The largest absolute Gasteiger partial charge is 0.462 e. The Hall–Kier alpha value is -3.74. The molecule has 1 heterocycles. The first-order chi connectivity index (χ1) is 14.1. The molecule has 148 valence electrons. The Morgan fingerprint density at radius 2 is 1.69 bits per heavy atom. The lowest BCUT2D eigenvalue weighted by Crippen LogP contribution is -2.18. The van der Waals surface area contributed by atoms with E-state index in [4.69, 9.17) is 4.74 Å². The molecule has 0 aliphatic rings. The number of rotatable bonds is 7. The molecule has 1 atom stereocenters. The molecule has 2 aromatic carbocycles. The average Bonchev–Trinajstić information content (AvgIpc) is 2.75. The van der Waals surface area contributed by atoms with E-state index in [-0.39, 0.29) is 23.9 Å². The molecule has 0 radical (unpaired) electrons. The normalized spacial score (nSPS) is 11.4. The van der Waals surface area contributed by atoms with Crippen LogP contribution >= 0.6 is 0 Å². The van der Waals surface area contributed by atoms with Crippen LogP contribution in [-0.2, 0) is 4.74 Å². The zero-order chi connectivity index (χ0) is 20.6. The number of hydrogen-bond acceptors (Lipinski definition) is 6. The number of carbonyl (C=O) groups is 2. The smallest absolute Gasteiger partial charge is 0.340 e. The minimum Gasteiger partial charge on any atom is -0.462 e. The topological polar surface area (TPSA) is 93.2 Å². The van der Waals surface area contributed by atoms with Gasteiger partial charge >= 0.3 is 5.97 Å². The third kappa shape index (κ3) is 5.16. The fourth-order valence-electron chi connectivity index (χ4n) is 2.74. The molecule has 0 spiro atoms. The summed E-state index contributed by atoms with van der Waals surface area (Å²) >= 11 is 0. The maximum atomic E-state index is 12.5. The first-order valence-electron chi connectivity index (χ1n) is 9.31. The second kappa shape index (κ2) is 9.45. The van der Waals surface area contributed by atoms with Crippen LogP contribution in [0, 0.1) is 0 Å². The molecule has 3 rings (SSSR count). The van der Waals surface area contributed by atoms with Crippen LogP contribution in [0.25, 0.3) is 0 Å². The summed E-state index contributed by atoms with van der Waals surface area (Å²) in [5.74, 6) is -0.398. The Labute approximate surface area is 169 Å². The van der Waals surface area contributed by atoms with Crippen molar-refractivity contribution in [3.8, 4) is 0 Å². The van der Waals surface area contributed by atoms with Crippen molar-refractivity contribution in [2.75, 3.05) is 17.2 Å². The van der Waals surface area contributed by atoms with Crippen molar-refractivity contribution < 1.29 is 14.3 Å². The molecule has 2 N–H and O–H groups in total. The molecule has 0 bridgehead atoms. The maximum absolute atomic E-state index is 12.5. The highest BCUT2D eigenvalue weighted by Crippen LogP contribution is 2.19. The maximum Gasteiger partial charge on any atom is 0.340 e. The fourth-order valence-corrected chi connectivity index (χ4v) is 2.74. The molecule has 0 saturated heterocycles.